The third-order valence-corrected chi connectivity index (χ3v) is 1.47. The monoisotopic (exact) mass is 191 g/mol. The summed E-state index contributed by atoms with van der Waals surface area (Å²) in [5, 5.41) is 17.7. The summed E-state index contributed by atoms with van der Waals surface area (Å²) >= 11 is 0. The molecule has 0 bridgehead atoms. The van der Waals surface area contributed by atoms with Crippen LogP contribution in [-0.2, 0) is 9.53 Å². The molecule has 5 nitrogen and oxygen atoms in total. The minimum Gasteiger partial charge on any atom is -0.480 e. The highest BCUT2D eigenvalue weighted by atomic mass is 16.5. The first kappa shape index (κ1) is 12.3. The predicted octanol–water partition coefficient (Wildman–Crippen LogP) is -0.426. The first-order valence-corrected chi connectivity index (χ1v) is 4.21. The molecule has 0 heterocycles. The first-order chi connectivity index (χ1) is 5.93. The number of nitrogens with two attached hydrogens (primary N) is 1. The van der Waals surface area contributed by atoms with Crippen molar-refractivity contribution in [1.29, 1.82) is 0 Å². The zero-order valence-corrected chi connectivity index (χ0v) is 7.93. The fourth-order valence-corrected chi connectivity index (χ4v) is 0.766. The summed E-state index contributed by atoms with van der Waals surface area (Å²) in [4.78, 5) is 10.3. The summed E-state index contributed by atoms with van der Waals surface area (Å²) in [6.45, 7) is 3.80. The van der Waals surface area contributed by atoms with Crippen LogP contribution in [0.2, 0.25) is 0 Å². The van der Waals surface area contributed by atoms with Gasteiger partial charge in [-0.25, -0.2) is 0 Å². The summed E-state index contributed by atoms with van der Waals surface area (Å²) in [7, 11) is 0. The number of rotatable bonds is 6. The van der Waals surface area contributed by atoms with Crippen molar-refractivity contribution < 1.29 is 19.7 Å². The third-order valence-electron chi connectivity index (χ3n) is 1.47. The largest absolute Gasteiger partial charge is 0.480 e. The normalized spacial score (nSPS) is 15.8. The number of carboxylic acids is 1. The van der Waals surface area contributed by atoms with Crippen LogP contribution >= 0.6 is 0 Å². The molecule has 2 atom stereocenters. The van der Waals surface area contributed by atoms with Crippen LogP contribution in [-0.4, -0.2) is 41.0 Å². The van der Waals surface area contributed by atoms with E-state index in [0.717, 1.165) is 0 Å². The van der Waals surface area contributed by atoms with Gasteiger partial charge in [-0.2, -0.15) is 0 Å². The Hall–Kier alpha value is -0.650. The second-order valence-corrected chi connectivity index (χ2v) is 3.22. The van der Waals surface area contributed by atoms with Gasteiger partial charge in [0.15, 0.2) is 0 Å². The average Bonchev–Trinajstić information content (AvgIpc) is 2.00. The van der Waals surface area contributed by atoms with Crippen LogP contribution in [0, 0.1) is 0 Å². The van der Waals surface area contributed by atoms with E-state index in [1.807, 2.05) is 13.8 Å². The quantitative estimate of drug-likeness (QED) is 0.530. The maximum absolute atomic E-state index is 10.3. The van der Waals surface area contributed by atoms with Gasteiger partial charge < -0.3 is 20.7 Å². The number of aliphatic hydroxyl groups is 1. The van der Waals surface area contributed by atoms with E-state index in [0.29, 0.717) is 0 Å². The molecule has 0 aromatic heterocycles. The van der Waals surface area contributed by atoms with Gasteiger partial charge in [0.25, 0.3) is 0 Å². The van der Waals surface area contributed by atoms with Crippen LogP contribution in [0.4, 0.5) is 0 Å². The van der Waals surface area contributed by atoms with Gasteiger partial charge in [-0.3, -0.25) is 4.79 Å². The summed E-state index contributed by atoms with van der Waals surface area (Å²) < 4.78 is 5.09. The fourth-order valence-electron chi connectivity index (χ4n) is 0.766. The Morgan fingerprint density at radius 3 is 2.46 bits per heavy atom. The van der Waals surface area contributed by atoms with Crippen molar-refractivity contribution in [2.75, 3.05) is 6.61 Å². The van der Waals surface area contributed by atoms with Crippen LogP contribution in [0.3, 0.4) is 0 Å². The Balaban J connectivity index is 3.61. The van der Waals surface area contributed by atoms with Crippen molar-refractivity contribution in [2.24, 2.45) is 5.73 Å². The molecule has 0 amide bonds. The lowest BCUT2D eigenvalue weighted by molar-refractivity contribution is -0.139. The highest BCUT2D eigenvalue weighted by Crippen LogP contribution is 1.99. The van der Waals surface area contributed by atoms with Gasteiger partial charge in [0.2, 0.25) is 0 Å². The van der Waals surface area contributed by atoms with Crippen molar-refractivity contribution in [3.05, 3.63) is 0 Å². The summed E-state index contributed by atoms with van der Waals surface area (Å²) in [6.07, 6.45) is -0.772. The van der Waals surface area contributed by atoms with E-state index >= 15 is 0 Å². The Bertz CT molecular complexity index is 160. The van der Waals surface area contributed by atoms with E-state index in [-0.39, 0.29) is 19.1 Å². The molecule has 0 aliphatic carbocycles. The van der Waals surface area contributed by atoms with Crippen molar-refractivity contribution in [2.45, 2.75) is 38.5 Å². The number of carbonyl (C=O) groups is 1. The van der Waals surface area contributed by atoms with Gasteiger partial charge in [-0.05, 0) is 13.8 Å². The van der Waals surface area contributed by atoms with Crippen LogP contribution in [0.15, 0.2) is 0 Å². The topological polar surface area (TPSA) is 92.8 Å². The fraction of sp³-hybridized carbons (Fsp3) is 0.875. The van der Waals surface area contributed by atoms with Gasteiger partial charge in [0.05, 0.1) is 18.8 Å². The van der Waals surface area contributed by atoms with E-state index in [1.54, 1.807) is 0 Å². The lowest BCUT2D eigenvalue weighted by atomic mass is 10.1. The number of hydrogen-bond acceptors (Lipinski definition) is 4. The molecule has 4 N–H and O–H groups in total. The maximum Gasteiger partial charge on any atom is 0.320 e. The number of aliphatic carboxylic acids is 1. The minimum atomic E-state index is -1.11. The lowest BCUT2D eigenvalue weighted by Crippen LogP contribution is -2.35. The van der Waals surface area contributed by atoms with Gasteiger partial charge >= 0.3 is 5.97 Å². The smallest absolute Gasteiger partial charge is 0.320 e. The van der Waals surface area contributed by atoms with E-state index in [9.17, 15) is 9.90 Å². The highest BCUT2D eigenvalue weighted by Gasteiger charge is 2.16. The standard InChI is InChI=1S/C8H17NO4/c1-5(2)13-4-6(10)3-7(9)8(11)12/h5-7,10H,3-4,9H2,1-2H3,(H,11,12)/t6?,7-/m1/s1. The molecule has 1 unspecified atom stereocenters. The molecule has 0 aliphatic rings. The number of hydrogen-bond donors (Lipinski definition) is 3. The summed E-state index contributed by atoms with van der Waals surface area (Å²) in [6, 6.07) is -1.02. The van der Waals surface area contributed by atoms with Gasteiger partial charge in [0, 0.05) is 6.42 Å². The van der Waals surface area contributed by atoms with Crippen LogP contribution < -0.4 is 5.73 Å². The summed E-state index contributed by atoms with van der Waals surface area (Å²) in [5.74, 6) is -1.11. The maximum atomic E-state index is 10.3. The van der Waals surface area contributed by atoms with Gasteiger partial charge in [-0.15, -0.1) is 0 Å². The van der Waals surface area contributed by atoms with Crippen molar-refractivity contribution in [3.63, 3.8) is 0 Å². The molecule has 0 saturated carbocycles. The molecular weight excluding hydrogens is 174 g/mol. The molecule has 0 fully saturated rings. The molecule has 0 rings (SSSR count). The molecule has 13 heavy (non-hydrogen) atoms. The van der Waals surface area contributed by atoms with Gasteiger partial charge in [-0.1, -0.05) is 0 Å². The Labute approximate surface area is 77.5 Å². The Morgan fingerprint density at radius 1 is 1.54 bits per heavy atom. The molecule has 0 aliphatic heterocycles. The first-order valence-electron chi connectivity index (χ1n) is 4.21. The van der Waals surface area contributed by atoms with Crippen molar-refractivity contribution in [1.82, 2.24) is 0 Å². The third kappa shape index (κ3) is 6.51. The van der Waals surface area contributed by atoms with Crippen LogP contribution in [0.5, 0.6) is 0 Å². The molecule has 0 radical (unpaired) electrons. The van der Waals surface area contributed by atoms with E-state index in [2.05, 4.69) is 0 Å². The SMILES string of the molecule is CC(C)OCC(O)C[C@@H](N)C(=O)O. The molecule has 0 aromatic rings. The minimum absolute atomic E-state index is 0.0159. The molecule has 0 aromatic carbocycles. The zero-order valence-electron chi connectivity index (χ0n) is 7.93. The van der Waals surface area contributed by atoms with Crippen molar-refractivity contribution in [3.8, 4) is 0 Å². The molecular formula is C8H17NO4. The van der Waals surface area contributed by atoms with Crippen LogP contribution in [0.25, 0.3) is 0 Å². The Morgan fingerprint density at radius 2 is 2.08 bits per heavy atom. The predicted molar refractivity (Wildman–Crippen MR) is 47.3 cm³/mol. The molecule has 0 saturated heterocycles. The lowest BCUT2D eigenvalue weighted by Gasteiger charge is -2.15. The molecule has 0 spiro atoms. The second-order valence-electron chi connectivity index (χ2n) is 3.22. The van der Waals surface area contributed by atoms with E-state index < -0.39 is 18.1 Å². The number of aliphatic hydroxyl groups excluding tert-OH is 1. The molecule has 78 valence electrons. The number of ether oxygens (including phenoxy) is 1. The average molecular weight is 191 g/mol. The number of carboxylic acid groups (broad SMARTS) is 1. The molecule has 5 heteroatoms. The van der Waals surface area contributed by atoms with Crippen molar-refractivity contribution >= 4 is 5.97 Å². The highest BCUT2D eigenvalue weighted by molar-refractivity contribution is 5.73. The van der Waals surface area contributed by atoms with Gasteiger partial charge in [0.1, 0.15) is 6.04 Å². The zero-order chi connectivity index (χ0) is 10.4. The second kappa shape index (κ2) is 5.90. The Kier molecular flexibility index (Phi) is 5.61. The van der Waals surface area contributed by atoms with E-state index in [4.69, 9.17) is 15.6 Å². The van der Waals surface area contributed by atoms with E-state index in [1.165, 1.54) is 0 Å². The summed E-state index contributed by atoms with van der Waals surface area (Å²) in [5.41, 5.74) is 5.21. The van der Waals surface area contributed by atoms with Crippen LogP contribution in [0.1, 0.15) is 20.3 Å².